The van der Waals surface area contributed by atoms with Crippen LogP contribution < -0.4 is 5.32 Å². The van der Waals surface area contributed by atoms with Crippen LogP contribution in [0, 0.1) is 0 Å². The smallest absolute Gasteiger partial charge is 0.228 e. The average molecular weight is 205 g/mol. The third kappa shape index (κ3) is 1.88. The van der Waals surface area contributed by atoms with E-state index in [0.717, 1.165) is 12.0 Å². The van der Waals surface area contributed by atoms with E-state index in [1.807, 2.05) is 18.2 Å². The molecular weight excluding hydrogens is 190 g/mol. The first-order valence-corrected chi connectivity index (χ1v) is 5.21. The molecule has 1 aliphatic rings. The molecule has 0 saturated carbocycles. The minimum atomic E-state index is -0.162. The number of hydrogen-bond acceptors (Lipinski definition) is 2. The Kier molecular flexibility index (Phi) is 2.73. The van der Waals surface area contributed by atoms with Crippen LogP contribution in [-0.2, 0) is 11.2 Å². The van der Waals surface area contributed by atoms with Crippen LogP contribution in [0.4, 0.5) is 0 Å². The molecule has 3 nitrogen and oxygen atoms in total. The second-order valence-electron chi connectivity index (χ2n) is 4.05. The van der Waals surface area contributed by atoms with Gasteiger partial charge in [-0.15, -0.1) is 0 Å². The largest absolute Gasteiger partial charge is 0.394 e. The zero-order valence-electron chi connectivity index (χ0n) is 8.73. The maximum atomic E-state index is 11.7. The lowest BCUT2D eigenvalue weighted by Crippen LogP contribution is -2.41. The molecule has 0 aliphatic heterocycles. The van der Waals surface area contributed by atoms with E-state index in [1.165, 1.54) is 5.56 Å². The van der Waals surface area contributed by atoms with Crippen molar-refractivity contribution in [3.05, 3.63) is 35.4 Å². The number of amides is 1. The van der Waals surface area contributed by atoms with Crippen molar-refractivity contribution in [3.63, 3.8) is 0 Å². The fourth-order valence-electron chi connectivity index (χ4n) is 1.88. The van der Waals surface area contributed by atoms with Crippen LogP contribution in [0.25, 0.3) is 0 Å². The first-order chi connectivity index (χ1) is 7.22. The highest BCUT2D eigenvalue weighted by Crippen LogP contribution is 2.34. The molecule has 3 heteroatoms. The molecule has 15 heavy (non-hydrogen) atoms. The molecule has 0 heterocycles. The fraction of sp³-hybridized carbons (Fsp3) is 0.417. The van der Waals surface area contributed by atoms with Gasteiger partial charge >= 0.3 is 0 Å². The molecular formula is C12H15NO2. The maximum absolute atomic E-state index is 11.7. The van der Waals surface area contributed by atoms with E-state index in [9.17, 15) is 4.79 Å². The molecule has 1 aromatic rings. The van der Waals surface area contributed by atoms with Gasteiger partial charge in [-0.25, -0.2) is 0 Å². The van der Waals surface area contributed by atoms with Crippen molar-refractivity contribution in [2.24, 2.45) is 0 Å². The van der Waals surface area contributed by atoms with Gasteiger partial charge in [-0.05, 0) is 24.5 Å². The Morgan fingerprint density at radius 1 is 1.60 bits per heavy atom. The number of carbonyl (C=O) groups excluding carboxylic acids is 1. The number of carbonyl (C=O) groups is 1. The Labute approximate surface area is 89.1 Å². The first kappa shape index (κ1) is 10.2. The summed E-state index contributed by atoms with van der Waals surface area (Å²) in [5.74, 6) is 0.00505. The summed E-state index contributed by atoms with van der Waals surface area (Å²) >= 11 is 0. The summed E-state index contributed by atoms with van der Waals surface area (Å²) in [6, 6.07) is 7.82. The predicted molar refractivity (Wildman–Crippen MR) is 57.6 cm³/mol. The van der Waals surface area contributed by atoms with Gasteiger partial charge in [0, 0.05) is 6.04 Å². The van der Waals surface area contributed by atoms with Gasteiger partial charge in [0.2, 0.25) is 5.91 Å². The molecule has 1 unspecified atom stereocenters. The zero-order valence-corrected chi connectivity index (χ0v) is 8.73. The number of aliphatic hydroxyl groups excluding tert-OH is 1. The van der Waals surface area contributed by atoms with Gasteiger partial charge in [-0.1, -0.05) is 24.3 Å². The predicted octanol–water partition coefficient (Wildman–Crippen LogP) is 0.823. The molecule has 0 aromatic heterocycles. The number of nitrogens with one attached hydrogen (secondary N) is 1. The van der Waals surface area contributed by atoms with E-state index in [0.29, 0.717) is 0 Å². The molecule has 0 fully saturated rings. The highest BCUT2D eigenvalue weighted by Gasteiger charge is 2.31. The highest BCUT2D eigenvalue weighted by atomic mass is 16.3. The molecule has 2 rings (SSSR count). The monoisotopic (exact) mass is 205 g/mol. The van der Waals surface area contributed by atoms with E-state index in [2.05, 4.69) is 11.4 Å². The van der Waals surface area contributed by atoms with Crippen LogP contribution in [0.15, 0.2) is 24.3 Å². The summed E-state index contributed by atoms with van der Waals surface area (Å²) in [5.41, 5.74) is 2.38. The van der Waals surface area contributed by atoms with Crippen LogP contribution >= 0.6 is 0 Å². The van der Waals surface area contributed by atoms with Gasteiger partial charge in [0.15, 0.2) is 0 Å². The SMILES string of the molecule is C[C@@H](CO)NC(=O)C1Cc2ccccc21. The average Bonchev–Trinajstić information content (AvgIpc) is 2.19. The van der Waals surface area contributed by atoms with Crippen molar-refractivity contribution in [2.45, 2.75) is 25.3 Å². The van der Waals surface area contributed by atoms with Crippen molar-refractivity contribution in [1.82, 2.24) is 5.32 Å². The van der Waals surface area contributed by atoms with Crippen LogP contribution in [0.1, 0.15) is 24.0 Å². The molecule has 2 N–H and O–H groups in total. The summed E-state index contributed by atoms with van der Waals surface area (Å²) in [6.45, 7) is 1.78. The van der Waals surface area contributed by atoms with Gasteiger partial charge in [0.25, 0.3) is 0 Å². The van der Waals surface area contributed by atoms with Gasteiger partial charge in [0.1, 0.15) is 0 Å². The molecule has 0 saturated heterocycles. The second-order valence-corrected chi connectivity index (χ2v) is 4.05. The minimum Gasteiger partial charge on any atom is -0.394 e. The minimum absolute atomic E-state index is 0.0138. The Balaban J connectivity index is 2.01. The third-order valence-corrected chi connectivity index (χ3v) is 2.83. The molecule has 2 atom stereocenters. The molecule has 80 valence electrons. The maximum Gasteiger partial charge on any atom is 0.228 e. The van der Waals surface area contributed by atoms with Crippen LogP contribution in [0.2, 0.25) is 0 Å². The van der Waals surface area contributed by atoms with Crippen LogP contribution in [0.3, 0.4) is 0 Å². The summed E-state index contributed by atoms with van der Waals surface area (Å²) < 4.78 is 0. The summed E-state index contributed by atoms with van der Waals surface area (Å²) in [7, 11) is 0. The number of hydrogen-bond donors (Lipinski definition) is 2. The molecule has 1 aliphatic carbocycles. The number of fused-ring (bicyclic) bond motifs is 1. The van der Waals surface area contributed by atoms with E-state index in [-0.39, 0.29) is 24.5 Å². The van der Waals surface area contributed by atoms with Crippen molar-refractivity contribution >= 4 is 5.91 Å². The number of benzene rings is 1. The van der Waals surface area contributed by atoms with Crippen molar-refractivity contribution < 1.29 is 9.90 Å². The quantitative estimate of drug-likeness (QED) is 0.767. The van der Waals surface area contributed by atoms with E-state index in [4.69, 9.17) is 5.11 Å². The molecule has 1 aromatic carbocycles. The summed E-state index contributed by atoms with van der Waals surface area (Å²) in [5, 5.41) is 11.6. The number of rotatable bonds is 3. The lowest BCUT2D eigenvalue weighted by Gasteiger charge is -2.29. The standard InChI is InChI=1S/C12H15NO2/c1-8(7-14)13-12(15)11-6-9-4-2-3-5-10(9)11/h2-5,8,11,14H,6-7H2,1H3,(H,13,15)/t8-,11?/m0/s1. The van der Waals surface area contributed by atoms with Crippen LogP contribution in [0.5, 0.6) is 0 Å². The van der Waals surface area contributed by atoms with Crippen molar-refractivity contribution in [3.8, 4) is 0 Å². The molecule has 0 bridgehead atoms. The van der Waals surface area contributed by atoms with Gasteiger partial charge < -0.3 is 10.4 Å². The van der Waals surface area contributed by atoms with Crippen molar-refractivity contribution in [1.29, 1.82) is 0 Å². The highest BCUT2D eigenvalue weighted by molar-refractivity contribution is 5.87. The number of aliphatic hydroxyl groups is 1. The van der Waals surface area contributed by atoms with Gasteiger partial charge in [-0.3, -0.25) is 4.79 Å². The lowest BCUT2D eigenvalue weighted by atomic mass is 9.77. The third-order valence-electron chi connectivity index (χ3n) is 2.83. The van der Waals surface area contributed by atoms with Gasteiger partial charge in [-0.2, -0.15) is 0 Å². The first-order valence-electron chi connectivity index (χ1n) is 5.21. The lowest BCUT2D eigenvalue weighted by molar-refractivity contribution is -0.124. The van der Waals surface area contributed by atoms with E-state index < -0.39 is 0 Å². The van der Waals surface area contributed by atoms with Crippen LogP contribution in [-0.4, -0.2) is 23.7 Å². The normalized spacial score (nSPS) is 20.0. The molecule has 0 radical (unpaired) electrons. The summed E-state index contributed by atoms with van der Waals surface area (Å²) in [6.07, 6.45) is 0.820. The Bertz CT molecular complexity index is 376. The molecule has 0 spiro atoms. The Morgan fingerprint density at radius 3 is 3.00 bits per heavy atom. The fourth-order valence-corrected chi connectivity index (χ4v) is 1.88. The topological polar surface area (TPSA) is 49.3 Å². The van der Waals surface area contributed by atoms with Gasteiger partial charge in [0.05, 0.1) is 12.5 Å². The molecule has 1 amide bonds. The van der Waals surface area contributed by atoms with Crippen molar-refractivity contribution in [2.75, 3.05) is 6.61 Å². The second kappa shape index (κ2) is 4.03. The van der Waals surface area contributed by atoms with E-state index in [1.54, 1.807) is 6.92 Å². The summed E-state index contributed by atoms with van der Waals surface area (Å²) in [4.78, 5) is 11.7. The Morgan fingerprint density at radius 2 is 2.33 bits per heavy atom. The zero-order chi connectivity index (χ0) is 10.8. The Hall–Kier alpha value is -1.35. The van der Waals surface area contributed by atoms with E-state index >= 15 is 0 Å².